The summed E-state index contributed by atoms with van der Waals surface area (Å²) in [4.78, 5) is 13.3. The zero-order chi connectivity index (χ0) is 13.3. The van der Waals surface area contributed by atoms with Crippen molar-refractivity contribution in [3.8, 4) is 11.3 Å². The van der Waals surface area contributed by atoms with Gasteiger partial charge in [-0.3, -0.25) is 4.79 Å². The van der Waals surface area contributed by atoms with E-state index < -0.39 is 23.1 Å². The lowest BCUT2D eigenvalue weighted by Gasteiger charge is -2.08. The zero-order valence-electron chi connectivity index (χ0n) is 8.88. The van der Waals surface area contributed by atoms with Crippen molar-refractivity contribution in [2.75, 3.05) is 0 Å². The van der Waals surface area contributed by atoms with Crippen LogP contribution in [0.15, 0.2) is 41.2 Å². The Kier molecular flexibility index (Phi) is 2.94. The van der Waals surface area contributed by atoms with Gasteiger partial charge in [0.05, 0.1) is 11.3 Å². The molecule has 0 fully saturated rings. The molecular formula is C12H7F4NO. The largest absolute Gasteiger partial charge is 0.416 e. The Morgan fingerprint density at radius 2 is 1.72 bits per heavy atom. The molecule has 1 aromatic carbocycles. The van der Waals surface area contributed by atoms with Gasteiger partial charge in [-0.25, -0.2) is 4.39 Å². The summed E-state index contributed by atoms with van der Waals surface area (Å²) < 4.78 is 51.0. The van der Waals surface area contributed by atoms with E-state index in [-0.39, 0.29) is 11.3 Å². The molecule has 0 unspecified atom stereocenters. The van der Waals surface area contributed by atoms with E-state index in [1.807, 2.05) is 0 Å². The highest BCUT2D eigenvalue weighted by molar-refractivity contribution is 5.60. The lowest BCUT2D eigenvalue weighted by molar-refractivity contribution is -0.137. The van der Waals surface area contributed by atoms with Crippen LogP contribution < -0.4 is 5.56 Å². The molecule has 1 heterocycles. The van der Waals surface area contributed by atoms with Gasteiger partial charge in [0.15, 0.2) is 0 Å². The van der Waals surface area contributed by atoms with Gasteiger partial charge in [-0.2, -0.15) is 13.2 Å². The topological polar surface area (TPSA) is 32.9 Å². The second-order valence-corrected chi connectivity index (χ2v) is 3.62. The molecule has 2 nitrogen and oxygen atoms in total. The Morgan fingerprint density at radius 3 is 2.33 bits per heavy atom. The van der Waals surface area contributed by atoms with Crippen LogP contribution in [0.25, 0.3) is 11.3 Å². The minimum absolute atomic E-state index is 0.0827. The van der Waals surface area contributed by atoms with Crippen LogP contribution in [-0.4, -0.2) is 4.98 Å². The first-order valence-electron chi connectivity index (χ1n) is 4.94. The molecule has 0 saturated carbocycles. The summed E-state index contributed by atoms with van der Waals surface area (Å²) in [7, 11) is 0. The Bertz CT molecular complexity index is 630. The number of rotatable bonds is 1. The van der Waals surface area contributed by atoms with E-state index in [1.165, 1.54) is 18.2 Å². The summed E-state index contributed by atoms with van der Waals surface area (Å²) in [5, 5.41) is 0. The molecule has 0 amide bonds. The quantitative estimate of drug-likeness (QED) is 0.782. The number of aromatic amines is 1. The van der Waals surface area contributed by atoms with Gasteiger partial charge in [-0.15, -0.1) is 0 Å². The van der Waals surface area contributed by atoms with Crippen LogP contribution in [0.4, 0.5) is 17.6 Å². The van der Waals surface area contributed by atoms with Gasteiger partial charge in [0.25, 0.3) is 0 Å². The summed E-state index contributed by atoms with van der Waals surface area (Å²) in [5.74, 6) is -0.701. The van der Waals surface area contributed by atoms with Gasteiger partial charge in [0.2, 0.25) is 5.56 Å². The molecule has 6 heteroatoms. The van der Waals surface area contributed by atoms with Crippen LogP contribution in [0, 0.1) is 5.82 Å². The molecule has 0 bridgehead atoms. The maximum Gasteiger partial charge on any atom is 0.416 e. The fourth-order valence-corrected chi connectivity index (χ4v) is 1.53. The Labute approximate surface area is 98.9 Å². The first-order chi connectivity index (χ1) is 8.38. The van der Waals surface area contributed by atoms with E-state index in [4.69, 9.17) is 0 Å². The van der Waals surface area contributed by atoms with E-state index in [2.05, 4.69) is 4.98 Å². The van der Waals surface area contributed by atoms with Crippen molar-refractivity contribution in [3.05, 3.63) is 58.1 Å². The molecule has 0 aliphatic rings. The fourth-order valence-electron chi connectivity index (χ4n) is 1.53. The first-order valence-corrected chi connectivity index (χ1v) is 4.94. The fraction of sp³-hybridized carbons (Fsp3) is 0.0833. The van der Waals surface area contributed by atoms with Crippen LogP contribution in [0.2, 0.25) is 0 Å². The summed E-state index contributed by atoms with van der Waals surface area (Å²) in [5.41, 5.74) is -2.32. The van der Waals surface area contributed by atoms with E-state index >= 15 is 0 Å². The van der Waals surface area contributed by atoms with Crippen molar-refractivity contribution in [2.45, 2.75) is 6.18 Å². The maximum atomic E-state index is 13.4. The number of nitrogens with one attached hydrogen (secondary N) is 1. The minimum atomic E-state index is -4.64. The summed E-state index contributed by atoms with van der Waals surface area (Å²) >= 11 is 0. The predicted octanol–water partition coefficient (Wildman–Crippen LogP) is 3.20. The molecule has 2 rings (SSSR count). The second-order valence-electron chi connectivity index (χ2n) is 3.62. The number of hydrogen-bond acceptors (Lipinski definition) is 1. The normalized spacial score (nSPS) is 11.6. The van der Waals surface area contributed by atoms with Gasteiger partial charge in [0, 0.05) is 11.6 Å². The third kappa shape index (κ3) is 2.42. The number of hydrogen-bond donors (Lipinski definition) is 1. The van der Waals surface area contributed by atoms with Gasteiger partial charge >= 0.3 is 6.18 Å². The van der Waals surface area contributed by atoms with Crippen LogP contribution in [-0.2, 0) is 6.18 Å². The minimum Gasteiger partial charge on any atom is -0.322 e. The van der Waals surface area contributed by atoms with Crippen LogP contribution in [0.1, 0.15) is 5.56 Å². The number of halogens is 4. The van der Waals surface area contributed by atoms with E-state index in [1.54, 1.807) is 0 Å². The summed E-state index contributed by atoms with van der Waals surface area (Å²) in [6, 6.07) is 6.42. The van der Waals surface area contributed by atoms with Crippen LogP contribution in [0.5, 0.6) is 0 Å². The monoisotopic (exact) mass is 257 g/mol. The Hall–Kier alpha value is -2.11. The van der Waals surface area contributed by atoms with Crippen molar-refractivity contribution >= 4 is 0 Å². The van der Waals surface area contributed by atoms with Gasteiger partial charge in [0.1, 0.15) is 5.82 Å². The Morgan fingerprint density at radius 1 is 1.06 bits per heavy atom. The molecule has 0 aliphatic carbocycles. The third-order valence-corrected chi connectivity index (χ3v) is 2.34. The van der Waals surface area contributed by atoms with E-state index in [0.29, 0.717) is 12.1 Å². The molecule has 0 radical (unpaired) electrons. The van der Waals surface area contributed by atoms with Crippen molar-refractivity contribution in [2.24, 2.45) is 0 Å². The highest BCUT2D eigenvalue weighted by Gasteiger charge is 2.31. The molecule has 0 spiro atoms. The van der Waals surface area contributed by atoms with Crippen molar-refractivity contribution in [1.82, 2.24) is 4.98 Å². The van der Waals surface area contributed by atoms with Crippen LogP contribution >= 0.6 is 0 Å². The van der Waals surface area contributed by atoms with Gasteiger partial charge in [-0.1, -0.05) is 12.1 Å². The average Bonchev–Trinajstić information content (AvgIpc) is 2.27. The van der Waals surface area contributed by atoms with Crippen LogP contribution in [0.3, 0.4) is 0 Å². The SMILES string of the molecule is O=c1cc(C(F)(F)F)cc(-c2ccccc2F)[nH]1. The summed E-state index contributed by atoms with van der Waals surface area (Å²) in [6.07, 6.45) is -4.64. The molecule has 18 heavy (non-hydrogen) atoms. The number of alkyl halides is 3. The highest BCUT2D eigenvalue weighted by Crippen LogP contribution is 2.30. The third-order valence-electron chi connectivity index (χ3n) is 2.34. The number of benzene rings is 1. The molecule has 1 aromatic heterocycles. The highest BCUT2D eigenvalue weighted by atomic mass is 19.4. The number of aromatic nitrogens is 1. The number of H-pyrrole nitrogens is 1. The Balaban J connectivity index is 2.63. The van der Waals surface area contributed by atoms with Crippen molar-refractivity contribution < 1.29 is 17.6 Å². The molecule has 1 N–H and O–H groups in total. The van der Waals surface area contributed by atoms with E-state index in [9.17, 15) is 22.4 Å². The summed E-state index contributed by atoms with van der Waals surface area (Å²) in [6.45, 7) is 0. The lowest BCUT2D eigenvalue weighted by Crippen LogP contribution is -2.14. The molecule has 0 atom stereocenters. The zero-order valence-corrected chi connectivity index (χ0v) is 8.88. The molecule has 94 valence electrons. The molecule has 2 aromatic rings. The lowest BCUT2D eigenvalue weighted by atomic mass is 10.1. The van der Waals surface area contributed by atoms with Crippen molar-refractivity contribution in [3.63, 3.8) is 0 Å². The first kappa shape index (κ1) is 12.3. The number of pyridine rings is 1. The van der Waals surface area contributed by atoms with Gasteiger partial charge in [-0.05, 0) is 18.2 Å². The van der Waals surface area contributed by atoms with Crippen molar-refractivity contribution in [1.29, 1.82) is 0 Å². The smallest absolute Gasteiger partial charge is 0.322 e. The predicted molar refractivity (Wildman–Crippen MR) is 57.5 cm³/mol. The second kappa shape index (κ2) is 4.29. The standard InChI is InChI=1S/C12H7F4NO/c13-9-4-2-1-3-8(9)10-5-7(12(14,15)16)6-11(18)17-10/h1-6H,(H,17,18). The van der Waals surface area contributed by atoms with E-state index in [0.717, 1.165) is 6.07 Å². The molecule has 0 aliphatic heterocycles. The maximum absolute atomic E-state index is 13.4. The van der Waals surface area contributed by atoms with Gasteiger partial charge < -0.3 is 4.98 Å². The molecule has 0 saturated heterocycles. The molecular weight excluding hydrogens is 250 g/mol. The average molecular weight is 257 g/mol.